The Morgan fingerprint density at radius 1 is 1.38 bits per heavy atom. The average molecular weight is 308 g/mol. The molecule has 110 valence electrons. The molecule has 0 saturated carbocycles. The number of pyridine rings is 1. The van der Waals surface area contributed by atoms with Crippen molar-refractivity contribution < 1.29 is 9.18 Å². The van der Waals surface area contributed by atoms with Crippen LogP contribution in [0.2, 0.25) is 5.02 Å². The molecule has 0 aliphatic rings. The standard InChI is InChI=1S/C15H15ClFN3O/c1-3-18-14-13(17)10(6-7-19-14)15(21)20-12-8-9(2)4-5-11(12)16/h4-8H,3H2,1-2H3,(H,18,19)(H,20,21). The van der Waals surface area contributed by atoms with Crippen LogP contribution in [0.15, 0.2) is 30.5 Å². The van der Waals surface area contributed by atoms with Gasteiger partial charge in [0, 0.05) is 12.7 Å². The summed E-state index contributed by atoms with van der Waals surface area (Å²) < 4.78 is 14.2. The van der Waals surface area contributed by atoms with Crippen molar-refractivity contribution in [3.05, 3.63) is 52.4 Å². The zero-order chi connectivity index (χ0) is 15.4. The number of anilines is 2. The van der Waals surface area contributed by atoms with Gasteiger partial charge in [-0.2, -0.15) is 0 Å². The second kappa shape index (κ2) is 6.54. The highest BCUT2D eigenvalue weighted by Crippen LogP contribution is 2.24. The summed E-state index contributed by atoms with van der Waals surface area (Å²) in [7, 11) is 0. The summed E-state index contributed by atoms with van der Waals surface area (Å²) >= 11 is 6.02. The van der Waals surface area contributed by atoms with Crippen LogP contribution >= 0.6 is 11.6 Å². The summed E-state index contributed by atoms with van der Waals surface area (Å²) in [6, 6.07) is 6.56. The number of aryl methyl sites for hydroxylation is 1. The fraction of sp³-hybridized carbons (Fsp3) is 0.200. The first kappa shape index (κ1) is 15.3. The predicted octanol–water partition coefficient (Wildman–Crippen LogP) is 3.87. The van der Waals surface area contributed by atoms with Crippen LogP contribution in [0.25, 0.3) is 0 Å². The molecule has 0 atom stereocenters. The molecule has 0 fully saturated rings. The maximum Gasteiger partial charge on any atom is 0.258 e. The number of benzene rings is 1. The van der Waals surface area contributed by atoms with Crippen molar-refractivity contribution in [1.82, 2.24) is 4.98 Å². The Morgan fingerprint density at radius 3 is 2.86 bits per heavy atom. The third kappa shape index (κ3) is 3.49. The molecule has 0 spiro atoms. The van der Waals surface area contributed by atoms with E-state index in [1.807, 2.05) is 19.9 Å². The summed E-state index contributed by atoms with van der Waals surface area (Å²) in [6.45, 7) is 4.21. The topological polar surface area (TPSA) is 54.0 Å². The predicted molar refractivity (Wildman–Crippen MR) is 82.5 cm³/mol. The highest BCUT2D eigenvalue weighted by atomic mass is 35.5. The molecule has 6 heteroatoms. The smallest absolute Gasteiger partial charge is 0.258 e. The van der Waals surface area contributed by atoms with Gasteiger partial charge in [0.25, 0.3) is 5.91 Å². The van der Waals surface area contributed by atoms with E-state index in [9.17, 15) is 9.18 Å². The molecule has 1 heterocycles. The molecule has 2 aromatic rings. The van der Waals surface area contributed by atoms with E-state index in [4.69, 9.17) is 11.6 Å². The molecule has 0 radical (unpaired) electrons. The molecule has 4 nitrogen and oxygen atoms in total. The van der Waals surface area contributed by atoms with Gasteiger partial charge in [-0.15, -0.1) is 0 Å². The highest BCUT2D eigenvalue weighted by Gasteiger charge is 2.16. The second-order valence-corrected chi connectivity index (χ2v) is 4.90. The molecular formula is C15H15ClFN3O. The molecule has 0 aliphatic heterocycles. The molecule has 0 aliphatic carbocycles. The molecule has 1 aromatic heterocycles. The van der Waals surface area contributed by atoms with Gasteiger partial charge in [0.05, 0.1) is 16.3 Å². The zero-order valence-corrected chi connectivity index (χ0v) is 12.5. The van der Waals surface area contributed by atoms with E-state index in [0.29, 0.717) is 17.3 Å². The Bertz CT molecular complexity index is 676. The maximum absolute atomic E-state index is 14.2. The fourth-order valence-corrected chi connectivity index (χ4v) is 2.00. The number of carbonyl (C=O) groups is 1. The molecular weight excluding hydrogens is 293 g/mol. The minimum atomic E-state index is -0.680. The van der Waals surface area contributed by atoms with Crippen LogP contribution in [-0.4, -0.2) is 17.4 Å². The van der Waals surface area contributed by atoms with Gasteiger partial charge in [0.1, 0.15) is 0 Å². The Balaban J connectivity index is 2.28. The number of nitrogens with zero attached hydrogens (tertiary/aromatic N) is 1. The number of amides is 1. The molecule has 0 bridgehead atoms. The second-order valence-electron chi connectivity index (χ2n) is 4.49. The number of halogens is 2. The Morgan fingerprint density at radius 2 is 2.14 bits per heavy atom. The van der Waals surface area contributed by atoms with Crippen molar-refractivity contribution in [2.75, 3.05) is 17.2 Å². The molecule has 1 aromatic carbocycles. The largest absolute Gasteiger partial charge is 0.368 e. The van der Waals surface area contributed by atoms with E-state index >= 15 is 0 Å². The van der Waals surface area contributed by atoms with Crippen LogP contribution in [0.3, 0.4) is 0 Å². The number of hydrogen-bond acceptors (Lipinski definition) is 3. The van der Waals surface area contributed by atoms with E-state index in [2.05, 4.69) is 15.6 Å². The first-order valence-corrected chi connectivity index (χ1v) is 6.86. The zero-order valence-electron chi connectivity index (χ0n) is 11.7. The maximum atomic E-state index is 14.2. The quantitative estimate of drug-likeness (QED) is 0.901. The fourth-order valence-electron chi connectivity index (χ4n) is 1.83. The third-order valence-corrected chi connectivity index (χ3v) is 3.18. The van der Waals surface area contributed by atoms with Crippen molar-refractivity contribution in [3.8, 4) is 0 Å². The molecule has 21 heavy (non-hydrogen) atoms. The van der Waals surface area contributed by atoms with Gasteiger partial charge in [0.15, 0.2) is 11.6 Å². The molecule has 0 saturated heterocycles. The lowest BCUT2D eigenvalue weighted by Gasteiger charge is -2.10. The van der Waals surface area contributed by atoms with Crippen LogP contribution in [0.1, 0.15) is 22.8 Å². The molecule has 2 N–H and O–H groups in total. The first-order chi connectivity index (χ1) is 10.0. The summed E-state index contributed by atoms with van der Waals surface area (Å²) in [5.41, 5.74) is 1.31. The van der Waals surface area contributed by atoms with E-state index in [1.54, 1.807) is 12.1 Å². The Labute approximate surface area is 127 Å². The molecule has 2 rings (SSSR count). The Kier molecular flexibility index (Phi) is 4.75. The van der Waals surface area contributed by atoms with Crippen LogP contribution in [0.5, 0.6) is 0 Å². The lowest BCUT2D eigenvalue weighted by molar-refractivity contribution is 0.102. The molecule has 1 amide bonds. The first-order valence-electron chi connectivity index (χ1n) is 6.48. The van der Waals surface area contributed by atoms with Gasteiger partial charge in [-0.3, -0.25) is 4.79 Å². The van der Waals surface area contributed by atoms with Crippen molar-refractivity contribution in [2.24, 2.45) is 0 Å². The van der Waals surface area contributed by atoms with Gasteiger partial charge in [-0.1, -0.05) is 17.7 Å². The minimum Gasteiger partial charge on any atom is -0.368 e. The van der Waals surface area contributed by atoms with E-state index in [1.165, 1.54) is 12.3 Å². The average Bonchev–Trinajstić information content (AvgIpc) is 2.45. The monoisotopic (exact) mass is 307 g/mol. The van der Waals surface area contributed by atoms with Crippen molar-refractivity contribution in [2.45, 2.75) is 13.8 Å². The van der Waals surface area contributed by atoms with Gasteiger partial charge in [-0.05, 0) is 37.6 Å². The number of aromatic nitrogens is 1. The molecule has 0 unspecified atom stereocenters. The van der Waals surface area contributed by atoms with Crippen molar-refractivity contribution in [1.29, 1.82) is 0 Å². The third-order valence-electron chi connectivity index (χ3n) is 2.85. The van der Waals surface area contributed by atoms with Crippen molar-refractivity contribution in [3.63, 3.8) is 0 Å². The summed E-state index contributed by atoms with van der Waals surface area (Å²) in [4.78, 5) is 16.0. The van der Waals surface area contributed by atoms with Crippen LogP contribution < -0.4 is 10.6 Å². The summed E-state index contributed by atoms with van der Waals surface area (Å²) in [6.07, 6.45) is 1.38. The number of hydrogen-bond donors (Lipinski definition) is 2. The van der Waals surface area contributed by atoms with E-state index in [0.717, 1.165) is 5.56 Å². The van der Waals surface area contributed by atoms with Gasteiger partial charge < -0.3 is 10.6 Å². The van der Waals surface area contributed by atoms with Crippen LogP contribution in [0.4, 0.5) is 15.9 Å². The minimum absolute atomic E-state index is 0.0560. The lowest BCUT2D eigenvalue weighted by Crippen LogP contribution is -2.16. The number of nitrogens with one attached hydrogen (secondary N) is 2. The van der Waals surface area contributed by atoms with Gasteiger partial charge in [-0.25, -0.2) is 9.37 Å². The number of rotatable bonds is 4. The number of carbonyl (C=O) groups excluding carboxylic acids is 1. The van der Waals surface area contributed by atoms with E-state index in [-0.39, 0.29) is 11.4 Å². The Hall–Kier alpha value is -2.14. The van der Waals surface area contributed by atoms with Crippen LogP contribution in [-0.2, 0) is 0 Å². The van der Waals surface area contributed by atoms with Gasteiger partial charge in [0.2, 0.25) is 0 Å². The van der Waals surface area contributed by atoms with E-state index < -0.39 is 11.7 Å². The summed E-state index contributed by atoms with van der Waals surface area (Å²) in [5.74, 6) is -1.19. The lowest BCUT2D eigenvalue weighted by atomic mass is 10.2. The highest BCUT2D eigenvalue weighted by molar-refractivity contribution is 6.34. The summed E-state index contributed by atoms with van der Waals surface area (Å²) in [5, 5.41) is 5.77. The van der Waals surface area contributed by atoms with Crippen LogP contribution in [0, 0.1) is 12.7 Å². The normalized spacial score (nSPS) is 10.3. The van der Waals surface area contributed by atoms with Gasteiger partial charge >= 0.3 is 0 Å². The SMILES string of the molecule is CCNc1nccc(C(=O)Nc2cc(C)ccc2Cl)c1F. The van der Waals surface area contributed by atoms with Crippen molar-refractivity contribution >= 4 is 29.0 Å².